The number of fused-ring (bicyclic) bond motifs is 5. The van der Waals surface area contributed by atoms with Crippen molar-refractivity contribution in [2.75, 3.05) is 26.2 Å². The molecule has 0 unspecified atom stereocenters. The van der Waals surface area contributed by atoms with Gasteiger partial charge in [-0.05, 0) is 68.1 Å². The number of allylic oxidation sites excluding steroid dienone is 1. The maximum absolute atomic E-state index is 13.4. The van der Waals surface area contributed by atoms with Crippen LogP contribution < -0.4 is 0 Å². The van der Waals surface area contributed by atoms with Crippen molar-refractivity contribution in [3.63, 3.8) is 0 Å². The second-order valence-electron chi connectivity index (χ2n) is 11.0. The van der Waals surface area contributed by atoms with Gasteiger partial charge in [-0.2, -0.15) is 0 Å². The molecular weight excluding hydrogens is 383 g/mol. The molecule has 2 saturated heterocycles. The fourth-order valence-electron chi connectivity index (χ4n) is 7.59. The third-order valence-corrected chi connectivity index (χ3v) is 12.4. The van der Waals surface area contributed by atoms with Crippen LogP contribution in [0, 0.1) is 28.6 Å². The number of Topliss-reactive ketones (excluding diaryl/α,β-unsaturated/α-hetero) is 1. The normalized spacial score (nSPS) is 47.2. The van der Waals surface area contributed by atoms with Crippen LogP contribution in [0.25, 0.3) is 0 Å². The van der Waals surface area contributed by atoms with E-state index in [0.29, 0.717) is 23.5 Å². The number of hydrogen-bond donors (Lipinski definition) is 0. The molecule has 0 radical (unpaired) electrons. The molecule has 5 nitrogen and oxygen atoms in total. The number of hydrogen-bond acceptors (Lipinski definition) is 3. The summed E-state index contributed by atoms with van der Waals surface area (Å²) in [5.41, 5.74) is 1.76. The molecule has 0 N–H and O–H groups in total. The zero-order chi connectivity index (χ0) is 20.0. The van der Waals surface area contributed by atoms with Crippen LogP contribution >= 0.6 is 7.67 Å². The summed E-state index contributed by atoms with van der Waals surface area (Å²) < 4.78 is 23.9. The van der Waals surface area contributed by atoms with E-state index in [1.165, 1.54) is 6.42 Å². The fraction of sp³-hybridized carbons (Fsp3) is 0.870. The quantitative estimate of drug-likeness (QED) is 0.378. The zero-order valence-corrected chi connectivity index (χ0v) is 18.8. The van der Waals surface area contributed by atoms with E-state index in [0.717, 1.165) is 71.1 Å². The maximum atomic E-state index is 13.4. The molecule has 6 aliphatic rings. The van der Waals surface area contributed by atoms with Gasteiger partial charge in [0.1, 0.15) is 5.78 Å². The standard InChI is InChI=1S/C23H35N2O3P/c1-22-9-7-17(28-29(27,24-11-12-24)25-13-14-25)15-16(22)3-4-18-19-5-6-21(26)23(19,2)10-8-20(18)22/h3,17-20H,4-15H2,1-2H3/t17-,18-,19-,20-,22-,23+/m0/s1. The second kappa shape index (κ2) is 6.28. The summed E-state index contributed by atoms with van der Waals surface area (Å²) in [5, 5.41) is 0. The van der Waals surface area contributed by atoms with Crippen molar-refractivity contribution in [2.24, 2.45) is 28.6 Å². The second-order valence-corrected chi connectivity index (χ2v) is 13.4. The van der Waals surface area contributed by atoms with Crippen molar-refractivity contribution in [2.45, 2.75) is 71.3 Å². The number of carbonyl (C=O) groups is 1. The Morgan fingerprint density at radius 3 is 2.34 bits per heavy atom. The number of rotatable bonds is 4. The predicted molar refractivity (Wildman–Crippen MR) is 112 cm³/mol. The van der Waals surface area contributed by atoms with Crippen molar-refractivity contribution in [3.8, 4) is 0 Å². The predicted octanol–water partition coefficient (Wildman–Crippen LogP) is 4.64. The molecular formula is C23H35N2O3P. The molecule has 2 heterocycles. The van der Waals surface area contributed by atoms with Crippen molar-refractivity contribution >= 4 is 13.5 Å². The third kappa shape index (κ3) is 2.76. The Bertz CT molecular complexity index is 803. The van der Waals surface area contributed by atoms with Crippen LogP contribution in [0.5, 0.6) is 0 Å². The lowest BCUT2D eigenvalue weighted by Crippen LogP contribution is -2.50. The van der Waals surface area contributed by atoms with Gasteiger partial charge in [-0.3, -0.25) is 9.36 Å². The van der Waals surface area contributed by atoms with Crippen molar-refractivity contribution in [3.05, 3.63) is 11.6 Å². The molecule has 3 saturated carbocycles. The fourth-order valence-corrected chi connectivity index (χ4v) is 9.97. The summed E-state index contributed by atoms with van der Waals surface area (Å²) >= 11 is 0. The van der Waals surface area contributed by atoms with Crippen molar-refractivity contribution < 1.29 is 13.9 Å². The SMILES string of the molecule is C[C@@]12CC[C@H]3[C@@H](CC=C4C[C@@H](OP(=O)(N5CC5)N5CC5)CC[C@@]43C)[C@@H]1CCC2=O. The highest BCUT2D eigenvalue weighted by atomic mass is 31.2. The Morgan fingerprint density at radius 1 is 1.00 bits per heavy atom. The first-order valence-corrected chi connectivity index (χ1v) is 13.4. The zero-order valence-electron chi connectivity index (χ0n) is 17.9. The summed E-state index contributed by atoms with van der Waals surface area (Å²) in [4.78, 5) is 12.6. The van der Waals surface area contributed by atoms with Crippen LogP contribution in [0.15, 0.2) is 11.6 Å². The van der Waals surface area contributed by atoms with Gasteiger partial charge in [-0.1, -0.05) is 25.5 Å². The van der Waals surface area contributed by atoms with Gasteiger partial charge in [0.15, 0.2) is 0 Å². The van der Waals surface area contributed by atoms with E-state index >= 15 is 0 Å². The van der Waals surface area contributed by atoms with E-state index < -0.39 is 7.67 Å². The van der Waals surface area contributed by atoms with Gasteiger partial charge < -0.3 is 4.52 Å². The van der Waals surface area contributed by atoms with E-state index in [2.05, 4.69) is 19.9 Å². The van der Waals surface area contributed by atoms with Crippen LogP contribution in [0.4, 0.5) is 0 Å². The number of nitrogens with zero attached hydrogens (tertiary/aromatic N) is 2. The smallest absolute Gasteiger partial charge is 0.302 e. The van der Waals surface area contributed by atoms with E-state index in [1.807, 2.05) is 9.34 Å². The van der Waals surface area contributed by atoms with Gasteiger partial charge in [-0.25, -0.2) is 9.34 Å². The van der Waals surface area contributed by atoms with Crippen LogP contribution in [-0.4, -0.2) is 47.4 Å². The lowest BCUT2D eigenvalue weighted by Gasteiger charge is -2.57. The first kappa shape index (κ1) is 19.2. The Hall–Kier alpha value is -0.480. The summed E-state index contributed by atoms with van der Waals surface area (Å²) in [6, 6.07) is 0. The van der Waals surface area contributed by atoms with Crippen LogP contribution in [-0.2, 0) is 13.9 Å². The number of carbonyl (C=O) groups excluding carboxylic acids is 1. The minimum absolute atomic E-state index is 0.0484. The first-order valence-electron chi connectivity index (χ1n) is 11.9. The summed E-state index contributed by atoms with van der Waals surface area (Å²) in [7, 11) is -2.74. The summed E-state index contributed by atoms with van der Waals surface area (Å²) in [6.07, 6.45) is 11.0. The molecule has 2 aliphatic heterocycles. The highest BCUT2D eigenvalue weighted by Crippen LogP contribution is 2.66. The molecule has 160 valence electrons. The topological polar surface area (TPSA) is 49.4 Å². The average molecular weight is 419 g/mol. The Kier molecular flexibility index (Phi) is 4.16. The summed E-state index contributed by atoms with van der Waals surface area (Å²) in [5.74, 6) is 2.49. The van der Waals surface area contributed by atoms with E-state index in [-0.39, 0.29) is 16.9 Å². The molecule has 29 heavy (non-hydrogen) atoms. The summed E-state index contributed by atoms with van der Waals surface area (Å²) in [6.45, 7) is 8.42. The molecule has 0 aromatic rings. The van der Waals surface area contributed by atoms with E-state index in [9.17, 15) is 9.36 Å². The molecule has 0 aromatic heterocycles. The Labute approximate surface area is 174 Å². The lowest BCUT2D eigenvalue weighted by molar-refractivity contribution is -0.131. The van der Waals surface area contributed by atoms with Crippen LogP contribution in [0.1, 0.15) is 65.2 Å². The Balaban J connectivity index is 1.22. The number of ketones is 1. The van der Waals surface area contributed by atoms with Gasteiger partial charge in [0.2, 0.25) is 0 Å². The lowest BCUT2D eigenvalue weighted by atomic mass is 9.48. The van der Waals surface area contributed by atoms with Gasteiger partial charge in [0.05, 0.1) is 6.10 Å². The molecule has 0 aromatic carbocycles. The molecule has 5 fully saturated rings. The monoisotopic (exact) mass is 418 g/mol. The van der Waals surface area contributed by atoms with Crippen LogP contribution in [0.3, 0.4) is 0 Å². The van der Waals surface area contributed by atoms with Crippen LogP contribution in [0.2, 0.25) is 0 Å². The average Bonchev–Trinajstić information content (AvgIpc) is 3.59. The van der Waals surface area contributed by atoms with Gasteiger partial charge in [0, 0.05) is 38.0 Å². The highest BCUT2D eigenvalue weighted by molar-refractivity contribution is 7.54. The largest absolute Gasteiger partial charge is 0.346 e. The Morgan fingerprint density at radius 2 is 1.66 bits per heavy atom. The molecule has 4 aliphatic carbocycles. The molecule has 6 atom stereocenters. The minimum Gasteiger partial charge on any atom is -0.302 e. The molecule has 0 bridgehead atoms. The van der Waals surface area contributed by atoms with E-state index in [1.54, 1.807) is 5.57 Å². The van der Waals surface area contributed by atoms with Crippen molar-refractivity contribution in [1.82, 2.24) is 9.34 Å². The highest BCUT2D eigenvalue weighted by Gasteiger charge is 2.59. The maximum Gasteiger partial charge on any atom is 0.346 e. The molecule has 0 spiro atoms. The van der Waals surface area contributed by atoms with Gasteiger partial charge in [-0.15, -0.1) is 0 Å². The third-order valence-electron chi connectivity index (χ3n) is 9.62. The van der Waals surface area contributed by atoms with E-state index in [4.69, 9.17) is 4.52 Å². The first-order chi connectivity index (χ1) is 13.8. The molecule has 6 rings (SSSR count). The minimum atomic E-state index is -2.74. The van der Waals surface area contributed by atoms with Gasteiger partial charge in [0.25, 0.3) is 0 Å². The van der Waals surface area contributed by atoms with Gasteiger partial charge >= 0.3 is 7.67 Å². The molecule has 6 heteroatoms. The van der Waals surface area contributed by atoms with Crippen molar-refractivity contribution in [1.29, 1.82) is 0 Å². The molecule has 0 amide bonds.